The second kappa shape index (κ2) is 8.13. The fourth-order valence-corrected chi connectivity index (χ4v) is 1.55. The zero-order chi connectivity index (χ0) is 15.0. The first-order valence-corrected chi connectivity index (χ1v) is 5.99. The minimum Gasteiger partial charge on any atom is -0.483 e. The minimum absolute atomic E-state index is 0.195. The van der Waals surface area contributed by atoms with Crippen LogP contribution in [-0.4, -0.2) is 49.9 Å². The molecule has 0 saturated carbocycles. The topological polar surface area (TPSA) is 111 Å². The Bertz CT molecular complexity index is 464. The van der Waals surface area contributed by atoms with Gasteiger partial charge in [0.2, 0.25) is 0 Å². The summed E-state index contributed by atoms with van der Waals surface area (Å²) in [4.78, 5) is 22.8. The Kier molecular flexibility index (Phi) is 6.48. The molecule has 0 aliphatic rings. The van der Waals surface area contributed by atoms with Crippen molar-refractivity contribution in [1.29, 1.82) is 0 Å². The third-order valence-electron chi connectivity index (χ3n) is 2.46. The number of carbonyl (C=O) groups is 2. The van der Waals surface area contributed by atoms with Crippen molar-refractivity contribution in [2.75, 3.05) is 26.9 Å². The van der Waals surface area contributed by atoms with Gasteiger partial charge in [-0.05, 0) is 12.1 Å². The van der Waals surface area contributed by atoms with Crippen LogP contribution in [0.3, 0.4) is 0 Å². The molecular formula is C13H18N2O5. The number of methoxy groups -OCH3 is 1. The predicted molar refractivity (Wildman–Crippen MR) is 71.3 cm³/mol. The van der Waals surface area contributed by atoms with Crippen LogP contribution >= 0.6 is 0 Å². The number of aliphatic hydroxyl groups is 1. The Balaban J connectivity index is 2.55. The first-order chi connectivity index (χ1) is 9.58. The van der Waals surface area contributed by atoms with Gasteiger partial charge in [-0.1, -0.05) is 12.1 Å². The summed E-state index contributed by atoms with van der Waals surface area (Å²) < 4.78 is 10.1. The van der Waals surface area contributed by atoms with E-state index in [1.165, 1.54) is 13.2 Å². The number of primary amides is 1. The maximum absolute atomic E-state index is 11.6. The van der Waals surface area contributed by atoms with Crippen molar-refractivity contribution < 1.29 is 24.2 Å². The highest BCUT2D eigenvalue weighted by Crippen LogP contribution is 2.16. The van der Waals surface area contributed by atoms with Crippen LogP contribution in [0.4, 0.5) is 0 Å². The molecule has 0 heterocycles. The van der Waals surface area contributed by atoms with Gasteiger partial charge in [-0.15, -0.1) is 0 Å². The molecule has 0 saturated heterocycles. The van der Waals surface area contributed by atoms with Crippen molar-refractivity contribution in [3.05, 3.63) is 29.8 Å². The van der Waals surface area contributed by atoms with Crippen molar-refractivity contribution in [2.45, 2.75) is 6.04 Å². The van der Waals surface area contributed by atoms with Gasteiger partial charge in [0.05, 0.1) is 24.8 Å². The molecule has 0 aromatic heterocycles. The maximum Gasteiger partial charge on any atom is 0.258 e. The van der Waals surface area contributed by atoms with E-state index in [9.17, 15) is 9.59 Å². The zero-order valence-electron chi connectivity index (χ0n) is 11.2. The Morgan fingerprint density at radius 1 is 1.40 bits per heavy atom. The summed E-state index contributed by atoms with van der Waals surface area (Å²) in [5, 5.41) is 11.5. The molecule has 7 heteroatoms. The molecule has 4 N–H and O–H groups in total. The van der Waals surface area contributed by atoms with E-state index < -0.39 is 17.9 Å². The number of carbonyl (C=O) groups excluding carboxylic acids is 2. The van der Waals surface area contributed by atoms with Crippen LogP contribution < -0.4 is 15.8 Å². The Labute approximate surface area is 116 Å². The van der Waals surface area contributed by atoms with Crippen molar-refractivity contribution in [3.8, 4) is 5.75 Å². The van der Waals surface area contributed by atoms with Gasteiger partial charge in [-0.25, -0.2) is 0 Å². The summed E-state index contributed by atoms with van der Waals surface area (Å²) >= 11 is 0. The second-order valence-corrected chi connectivity index (χ2v) is 4.05. The van der Waals surface area contributed by atoms with Crippen LogP contribution in [0, 0.1) is 0 Å². The quantitative estimate of drug-likeness (QED) is 0.583. The van der Waals surface area contributed by atoms with E-state index in [1.54, 1.807) is 18.2 Å². The SMILES string of the molecule is COCC(CO)NC(=O)COc1ccccc1C(N)=O. The lowest BCUT2D eigenvalue weighted by Crippen LogP contribution is -2.42. The molecule has 1 rings (SSSR count). The van der Waals surface area contributed by atoms with Gasteiger partial charge < -0.3 is 25.6 Å². The molecule has 0 aliphatic carbocycles. The fraction of sp³-hybridized carbons (Fsp3) is 0.385. The highest BCUT2D eigenvalue weighted by molar-refractivity contribution is 5.95. The van der Waals surface area contributed by atoms with Crippen LogP contribution in [0.15, 0.2) is 24.3 Å². The van der Waals surface area contributed by atoms with Gasteiger partial charge in [0.15, 0.2) is 6.61 Å². The molecule has 0 radical (unpaired) electrons. The number of amides is 2. The van der Waals surface area contributed by atoms with Crippen LogP contribution in [-0.2, 0) is 9.53 Å². The molecule has 1 aromatic rings. The van der Waals surface area contributed by atoms with E-state index in [1.807, 2.05) is 0 Å². The first-order valence-electron chi connectivity index (χ1n) is 5.99. The monoisotopic (exact) mass is 282 g/mol. The molecule has 1 aromatic carbocycles. The van der Waals surface area contributed by atoms with E-state index in [2.05, 4.69) is 5.32 Å². The van der Waals surface area contributed by atoms with E-state index >= 15 is 0 Å². The molecule has 20 heavy (non-hydrogen) atoms. The molecule has 0 aliphatic heterocycles. The van der Waals surface area contributed by atoms with Crippen LogP contribution in [0.5, 0.6) is 5.75 Å². The molecule has 110 valence electrons. The summed E-state index contributed by atoms with van der Waals surface area (Å²) in [5.41, 5.74) is 5.40. The van der Waals surface area contributed by atoms with E-state index in [0.29, 0.717) is 0 Å². The lowest BCUT2D eigenvalue weighted by Gasteiger charge is -2.15. The van der Waals surface area contributed by atoms with Crippen LogP contribution in [0.2, 0.25) is 0 Å². The van der Waals surface area contributed by atoms with E-state index in [4.69, 9.17) is 20.3 Å². The lowest BCUT2D eigenvalue weighted by atomic mass is 10.2. The van der Waals surface area contributed by atoms with Gasteiger partial charge in [0.25, 0.3) is 11.8 Å². The highest BCUT2D eigenvalue weighted by Gasteiger charge is 2.13. The Morgan fingerprint density at radius 3 is 2.70 bits per heavy atom. The number of nitrogens with one attached hydrogen (secondary N) is 1. The number of ether oxygens (including phenoxy) is 2. The number of rotatable bonds is 8. The highest BCUT2D eigenvalue weighted by atomic mass is 16.5. The normalized spacial score (nSPS) is 11.7. The summed E-state index contributed by atoms with van der Waals surface area (Å²) in [7, 11) is 1.47. The van der Waals surface area contributed by atoms with Crippen molar-refractivity contribution >= 4 is 11.8 Å². The van der Waals surface area contributed by atoms with E-state index in [0.717, 1.165) is 0 Å². The zero-order valence-corrected chi connectivity index (χ0v) is 11.2. The average Bonchev–Trinajstić information content (AvgIpc) is 2.44. The van der Waals surface area contributed by atoms with Gasteiger partial charge in [-0.2, -0.15) is 0 Å². The number of nitrogens with two attached hydrogens (primary N) is 1. The minimum atomic E-state index is -0.631. The molecule has 1 unspecified atom stereocenters. The summed E-state index contributed by atoms with van der Waals surface area (Å²) in [6.45, 7) is -0.331. The van der Waals surface area contributed by atoms with Crippen molar-refractivity contribution in [3.63, 3.8) is 0 Å². The summed E-state index contributed by atoms with van der Waals surface area (Å²) in [5.74, 6) is -0.823. The maximum atomic E-state index is 11.6. The van der Waals surface area contributed by atoms with E-state index in [-0.39, 0.29) is 31.1 Å². The predicted octanol–water partition coefficient (Wildman–Crippen LogP) is -0.712. The largest absolute Gasteiger partial charge is 0.483 e. The molecular weight excluding hydrogens is 264 g/mol. The van der Waals surface area contributed by atoms with Gasteiger partial charge in [0, 0.05) is 7.11 Å². The first kappa shape index (κ1) is 15.9. The molecule has 0 bridgehead atoms. The third-order valence-corrected chi connectivity index (χ3v) is 2.46. The summed E-state index contributed by atoms with van der Waals surface area (Å²) in [6, 6.07) is 5.87. The molecule has 0 spiro atoms. The Hall–Kier alpha value is -2.12. The molecule has 1 atom stereocenters. The molecule has 7 nitrogen and oxygen atoms in total. The number of benzene rings is 1. The fourth-order valence-electron chi connectivity index (χ4n) is 1.55. The van der Waals surface area contributed by atoms with Crippen LogP contribution in [0.1, 0.15) is 10.4 Å². The average molecular weight is 282 g/mol. The smallest absolute Gasteiger partial charge is 0.258 e. The standard InChI is InChI=1S/C13H18N2O5/c1-19-7-9(6-16)15-12(17)8-20-11-5-3-2-4-10(11)13(14)18/h2-5,9,16H,6-8H2,1H3,(H2,14,18)(H,15,17). The lowest BCUT2D eigenvalue weighted by molar-refractivity contribution is -0.124. The number of hydrogen-bond acceptors (Lipinski definition) is 5. The number of aliphatic hydroxyl groups excluding tert-OH is 1. The number of para-hydroxylation sites is 1. The third kappa shape index (κ3) is 4.87. The number of hydrogen-bond donors (Lipinski definition) is 3. The van der Waals surface area contributed by atoms with Crippen molar-refractivity contribution in [1.82, 2.24) is 5.32 Å². The Morgan fingerprint density at radius 2 is 2.10 bits per heavy atom. The van der Waals surface area contributed by atoms with Gasteiger partial charge in [-0.3, -0.25) is 9.59 Å². The second-order valence-electron chi connectivity index (χ2n) is 4.05. The summed E-state index contributed by atoms with van der Waals surface area (Å²) in [6.07, 6.45) is 0. The van der Waals surface area contributed by atoms with Crippen LogP contribution in [0.25, 0.3) is 0 Å². The van der Waals surface area contributed by atoms with Crippen molar-refractivity contribution in [2.24, 2.45) is 5.73 Å². The molecule has 2 amide bonds. The molecule has 0 fully saturated rings. The van der Waals surface area contributed by atoms with Gasteiger partial charge >= 0.3 is 0 Å². The van der Waals surface area contributed by atoms with Gasteiger partial charge in [0.1, 0.15) is 5.75 Å².